The monoisotopic (exact) mass is 206 g/mol. The van der Waals surface area contributed by atoms with Crippen LogP contribution >= 0.6 is 0 Å². The van der Waals surface area contributed by atoms with E-state index in [1.165, 1.54) is 18.7 Å². The summed E-state index contributed by atoms with van der Waals surface area (Å²) in [6.45, 7) is 9.55. The second-order valence-corrected chi connectivity index (χ2v) is 4.04. The van der Waals surface area contributed by atoms with Crippen molar-refractivity contribution in [1.29, 1.82) is 0 Å². The first kappa shape index (κ1) is 12.2. The van der Waals surface area contributed by atoms with E-state index in [0.29, 0.717) is 6.04 Å². The summed E-state index contributed by atoms with van der Waals surface area (Å²) in [5, 5.41) is 3.27. The van der Waals surface area contributed by atoms with Gasteiger partial charge in [-0.3, -0.25) is 4.90 Å². The third-order valence-corrected chi connectivity index (χ3v) is 2.75. The molecule has 0 saturated carbocycles. The predicted octanol–water partition coefficient (Wildman–Crippen LogP) is 1.97. The molecule has 84 valence electrons. The van der Waals surface area contributed by atoms with E-state index in [1.807, 2.05) is 26.1 Å². The van der Waals surface area contributed by atoms with Gasteiger partial charge in [0, 0.05) is 25.7 Å². The van der Waals surface area contributed by atoms with Gasteiger partial charge < -0.3 is 5.32 Å². The van der Waals surface area contributed by atoms with Crippen molar-refractivity contribution >= 4 is 0 Å². The number of hydrogen-bond donors (Lipinski definition) is 1. The van der Waals surface area contributed by atoms with Crippen molar-refractivity contribution in [3.63, 3.8) is 0 Å². The smallest absolute Gasteiger partial charge is 0.0320 e. The van der Waals surface area contributed by atoms with Crippen LogP contribution in [0.1, 0.15) is 13.3 Å². The lowest BCUT2D eigenvalue weighted by Crippen LogP contribution is -2.56. The number of hydrogen-bond acceptors (Lipinski definition) is 2. The summed E-state index contributed by atoms with van der Waals surface area (Å²) in [5.41, 5.74) is 1.21. The minimum absolute atomic E-state index is 0.705. The second-order valence-electron chi connectivity index (χ2n) is 4.04. The zero-order valence-electron chi connectivity index (χ0n) is 9.87. The van der Waals surface area contributed by atoms with Crippen LogP contribution in [0.5, 0.6) is 0 Å². The Balaban J connectivity index is 2.08. The molecule has 0 radical (unpaired) electrons. The van der Waals surface area contributed by atoms with Gasteiger partial charge in [-0.05, 0) is 20.4 Å². The van der Waals surface area contributed by atoms with Crippen molar-refractivity contribution in [1.82, 2.24) is 10.2 Å². The molecule has 0 amide bonds. The topological polar surface area (TPSA) is 15.3 Å². The highest BCUT2D eigenvalue weighted by atomic mass is 15.2. The van der Waals surface area contributed by atoms with Gasteiger partial charge in [-0.1, -0.05) is 36.5 Å². The molecule has 1 heterocycles. The molecule has 0 aromatic carbocycles. The third kappa shape index (κ3) is 4.45. The van der Waals surface area contributed by atoms with Gasteiger partial charge in [0.2, 0.25) is 0 Å². The normalized spacial score (nSPS) is 18.8. The van der Waals surface area contributed by atoms with E-state index in [2.05, 4.69) is 28.9 Å². The summed E-state index contributed by atoms with van der Waals surface area (Å²) in [5.74, 6) is 0. The first-order valence-corrected chi connectivity index (χ1v) is 5.63. The highest BCUT2D eigenvalue weighted by molar-refractivity contribution is 5.19. The molecule has 1 fully saturated rings. The molecule has 0 unspecified atom stereocenters. The molecule has 1 rings (SSSR count). The van der Waals surface area contributed by atoms with Gasteiger partial charge in [0.05, 0.1) is 0 Å². The Morgan fingerprint density at radius 2 is 2.20 bits per heavy atom. The quantitative estimate of drug-likeness (QED) is 0.668. The van der Waals surface area contributed by atoms with Crippen LogP contribution in [0.4, 0.5) is 0 Å². The van der Waals surface area contributed by atoms with Crippen LogP contribution in [0.3, 0.4) is 0 Å². The van der Waals surface area contributed by atoms with Gasteiger partial charge in [0.1, 0.15) is 0 Å². The highest BCUT2D eigenvalue weighted by Gasteiger charge is 2.23. The largest absolute Gasteiger partial charge is 0.315 e. The van der Waals surface area contributed by atoms with E-state index < -0.39 is 0 Å². The Labute approximate surface area is 93.4 Å². The van der Waals surface area contributed by atoms with Crippen molar-refractivity contribution < 1.29 is 0 Å². The SMILES string of the molecule is C=C(/C=C\C=C/C)CCN1CC(NC)C1. The number of rotatable bonds is 6. The summed E-state index contributed by atoms with van der Waals surface area (Å²) >= 11 is 0. The molecular formula is C13H22N2. The fourth-order valence-corrected chi connectivity index (χ4v) is 1.62. The molecule has 0 spiro atoms. The molecule has 0 aliphatic carbocycles. The van der Waals surface area contributed by atoms with E-state index in [9.17, 15) is 0 Å². The lowest BCUT2D eigenvalue weighted by Gasteiger charge is -2.39. The number of allylic oxidation sites excluding steroid dienone is 4. The molecule has 0 aromatic heterocycles. The van der Waals surface area contributed by atoms with Gasteiger partial charge in [-0.15, -0.1) is 0 Å². The fraction of sp³-hybridized carbons (Fsp3) is 0.538. The summed E-state index contributed by atoms with van der Waals surface area (Å²) in [6.07, 6.45) is 9.28. The van der Waals surface area contributed by atoms with E-state index >= 15 is 0 Å². The van der Waals surface area contributed by atoms with Crippen LogP contribution < -0.4 is 5.32 Å². The minimum Gasteiger partial charge on any atom is -0.315 e. The van der Waals surface area contributed by atoms with Gasteiger partial charge in [-0.25, -0.2) is 0 Å². The molecule has 2 nitrogen and oxygen atoms in total. The Morgan fingerprint density at radius 1 is 1.47 bits per heavy atom. The zero-order chi connectivity index (χ0) is 11.1. The maximum Gasteiger partial charge on any atom is 0.0320 e. The molecule has 2 heteroatoms. The number of likely N-dealkylation sites (tertiary alicyclic amines) is 1. The predicted molar refractivity (Wildman–Crippen MR) is 67.0 cm³/mol. The van der Waals surface area contributed by atoms with Crippen molar-refractivity contribution in [2.75, 3.05) is 26.7 Å². The molecule has 1 saturated heterocycles. The van der Waals surface area contributed by atoms with Crippen LogP contribution in [0.2, 0.25) is 0 Å². The second kappa shape index (κ2) is 6.59. The Hall–Kier alpha value is -0.860. The van der Waals surface area contributed by atoms with E-state index in [4.69, 9.17) is 0 Å². The van der Waals surface area contributed by atoms with Gasteiger partial charge in [0.15, 0.2) is 0 Å². The summed E-state index contributed by atoms with van der Waals surface area (Å²) in [7, 11) is 2.03. The highest BCUT2D eigenvalue weighted by Crippen LogP contribution is 2.10. The van der Waals surface area contributed by atoms with Crippen LogP contribution in [0.15, 0.2) is 36.5 Å². The van der Waals surface area contributed by atoms with Gasteiger partial charge in [-0.2, -0.15) is 0 Å². The average molecular weight is 206 g/mol. The number of likely N-dealkylation sites (N-methyl/N-ethyl adjacent to an activating group) is 1. The maximum atomic E-state index is 4.03. The summed E-state index contributed by atoms with van der Waals surface area (Å²) in [4.78, 5) is 2.45. The third-order valence-electron chi connectivity index (χ3n) is 2.75. The van der Waals surface area contributed by atoms with Gasteiger partial charge in [0.25, 0.3) is 0 Å². The molecule has 0 bridgehead atoms. The number of nitrogens with zero attached hydrogens (tertiary/aromatic N) is 1. The molecule has 1 N–H and O–H groups in total. The molecule has 0 atom stereocenters. The lowest BCUT2D eigenvalue weighted by atomic mass is 10.1. The lowest BCUT2D eigenvalue weighted by molar-refractivity contribution is 0.134. The Kier molecular flexibility index (Phi) is 5.37. The summed E-state index contributed by atoms with van der Waals surface area (Å²) in [6, 6.07) is 0.705. The van der Waals surface area contributed by atoms with E-state index in [1.54, 1.807) is 0 Å². The number of nitrogens with one attached hydrogen (secondary N) is 1. The van der Waals surface area contributed by atoms with Crippen molar-refractivity contribution in [2.45, 2.75) is 19.4 Å². The molecule has 1 aliphatic heterocycles. The van der Waals surface area contributed by atoms with Gasteiger partial charge >= 0.3 is 0 Å². The van der Waals surface area contributed by atoms with Crippen LogP contribution in [0, 0.1) is 0 Å². The molecular weight excluding hydrogens is 184 g/mol. The van der Waals surface area contributed by atoms with E-state index in [-0.39, 0.29) is 0 Å². The van der Waals surface area contributed by atoms with Crippen molar-refractivity contribution in [3.05, 3.63) is 36.5 Å². The maximum absolute atomic E-state index is 4.03. The minimum atomic E-state index is 0.705. The first-order valence-electron chi connectivity index (χ1n) is 5.63. The van der Waals surface area contributed by atoms with Crippen LogP contribution in [-0.4, -0.2) is 37.6 Å². The van der Waals surface area contributed by atoms with Crippen molar-refractivity contribution in [3.8, 4) is 0 Å². The van der Waals surface area contributed by atoms with Crippen LogP contribution in [-0.2, 0) is 0 Å². The zero-order valence-corrected chi connectivity index (χ0v) is 9.87. The molecule has 0 aromatic rings. The molecule has 1 aliphatic rings. The molecule has 15 heavy (non-hydrogen) atoms. The first-order chi connectivity index (χ1) is 7.26. The van der Waals surface area contributed by atoms with Crippen LogP contribution in [0.25, 0.3) is 0 Å². The fourth-order valence-electron chi connectivity index (χ4n) is 1.62. The standard InChI is InChI=1S/C13H22N2/c1-4-5-6-7-12(2)8-9-15-10-13(11-15)14-3/h4-7,13-14H,2,8-11H2,1,3H3/b5-4-,7-6-. The Morgan fingerprint density at radius 3 is 2.80 bits per heavy atom. The van der Waals surface area contributed by atoms with E-state index in [0.717, 1.165) is 13.0 Å². The van der Waals surface area contributed by atoms with Crippen molar-refractivity contribution in [2.24, 2.45) is 0 Å². The Bertz CT molecular complexity index is 247. The summed E-state index contributed by atoms with van der Waals surface area (Å²) < 4.78 is 0. The average Bonchev–Trinajstić information content (AvgIpc) is 2.16.